The van der Waals surface area contributed by atoms with Gasteiger partial charge in [0.1, 0.15) is 11.6 Å². The molecule has 1 unspecified atom stereocenters. The number of nitrogens with zero attached hydrogens (tertiary/aromatic N) is 4. The van der Waals surface area contributed by atoms with E-state index < -0.39 is 0 Å². The molecule has 26 heavy (non-hydrogen) atoms. The molecule has 2 aliphatic rings. The highest BCUT2D eigenvalue weighted by Crippen LogP contribution is 2.29. The van der Waals surface area contributed by atoms with Crippen LogP contribution in [0.25, 0.3) is 0 Å². The highest BCUT2D eigenvalue weighted by atomic mass is 35.5. The summed E-state index contributed by atoms with van der Waals surface area (Å²) in [7, 11) is 0. The summed E-state index contributed by atoms with van der Waals surface area (Å²) in [6, 6.07) is 8.26. The molecular formula is C19H27Cl2N5. The van der Waals surface area contributed by atoms with E-state index >= 15 is 0 Å². The van der Waals surface area contributed by atoms with Crippen LogP contribution in [-0.2, 0) is 13.1 Å². The van der Waals surface area contributed by atoms with Crippen LogP contribution in [0.3, 0.4) is 0 Å². The number of likely N-dealkylation sites (tertiary alicyclic amines) is 1. The molecule has 2 aromatic rings. The van der Waals surface area contributed by atoms with E-state index in [4.69, 9.17) is 11.6 Å². The molecule has 1 N–H and O–H groups in total. The zero-order valence-electron chi connectivity index (χ0n) is 15.2. The van der Waals surface area contributed by atoms with Gasteiger partial charge in [-0.15, -0.1) is 22.6 Å². The Morgan fingerprint density at radius 1 is 1.23 bits per heavy atom. The zero-order chi connectivity index (χ0) is 17.2. The van der Waals surface area contributed by atoms with E-state index in [0.29, 0.717) is 11.8 Å². The molecule has 0 saturated carbocycles. The van der Waals surface area contributed by atoms with Gasteiger partial charge in [0.25, 0.3) is 0 Å². The quantitative estimate of drug-likeness (QED) is 0.860. The molecule has 0 radical (unpaired) electrons. The van der Waals surface area contributed by atoms with Gasteiger partial charge in [-0.2, -0.15) is 0 Å². The second-order valence-corrected chi connectivity index (χ2v) is 7.77. The van der Waals surface area contributed by atoms with Crippen LogP contribution in [0.1, 0.15) is 48.8 Å². The van der Waals surface area contributed by atoms with Crippen molar-refractivity contribution in [2.24, 2.45) is 0 Å². The SMILES string of the molecule is CC(CN1CCC(c2nnc3n2CCNC3)CC1)c1cccc(Cl)c1.Cl. The van der Waals surface area contributed by atoms with Gasteiger partial charge in [0, 0.05) is 30.6 Å². The zero-order valence-corrected chi connectivity index (χ0v) is 16.8. The molecule has 2 aliphatic heterocycles. The number of hydrogen-bond donors (Lipinski definition) is 1. The van der Waals surface area contributed by atoms with Crippen LogP contribution in [0, 0.1) is 0 Å². The molecular weight excluding hydrogens is 369 g/mol. The second-order valence-electron chi connectivity index (χ2n) is 7.33. The first kappa shape index (κ1) is 19.6. The molecule has 1 fully saturated rings. The molecule has 0 spiro atoms. The third-order valence-electron chi connectivity index (χ3n) is 5.55. The topological polar surface area (TPSA) is 46.0 Å². The van der Waals surface area contributed by atoms with E-state index in [2.05, 4.69) is 44.0 Å². The van der Waals surface area contributed by atoms with E-state index in [1.807, 2.05) is 12.1 Å². The lowest BCUT2D eigenvalue weighted by molar-refractivity contribution is 0.198. The van der Waals surface area contributed by atoms with Crippen molar-refractivity contribution in [1.82, 2.24) is 25.0 Å². The molecule has 0 bridgehead atoms. The van der Waals surface area contributed by atoms with Gasteiger partial charge >= 0.3 is 0 Å². The van der Waals surface area contributed by atoms with Gasteiger partial charge in [0.05, 0.1) is 6.54 Å². The molecule has 1 atom stereocenters. The number of piperidine rings is 1. The summed E-state index contributed by atoms with van der Waals surface area (Å²) in [6.45, 7) is 8.53. The molecule has 4 rings (SSSR count). The van der Waals surface area contributed by atoms with E-state index in [9.17, 15) is 0 Å². The minimum Gasteiger partial charge on any atom is -0.312 e. The van der Waals surface area contributed by atoms with Crippen molar-refractivity contribution in [2.75, 3.05) is 26.2 Å². The number of nitrogens with one attached hydrogen (secondary N) is 1. The standard InChI is InChI=1S/C19H26ClN5.ClH/c1-14(16-3-2-4-17(20)11-16)13-24-8-5-15(6-9-24)19-23-22-18-12-21-7-10-25(18)19;/h2-4,11,14-15,21H,5-10,12-13H2,1H3;1H. The monoisotopic (exact) mass is 395 g/mol. The van der Waals surface area contributed by atoms with Gasteiger partial charge in [-0.3, -0.25) is 0 Å². The van der Waals surface area contributed by atoms with Crippen molar-refractivity contribution >= 4 is 24.0 Å². The van der Waals surface area contributed by atoms with Crippen molar-refractivity contribution in [3.63, 3.8) is 0 Å². The van der Waals surface area contributed by atoms with Gasteiger partial charge in [-0.05, 0) is 49.5 Å². The third-order valence-corrected chi connectivity index (χ3v) is 5.79. The lowest BCUT2D eigenvalue weighted by Crippen LogP contribution is -2.37. The van der Waals surface area contributed by atoms with Crippen molar-refractivity contribution < 1.29 is 0 Å². The van der Waals surface area contributed by atoms with E-state index in [-0.39, 0.29) is 12.4 Å². The first-order valence-corrected chi connectivity index (χ1v) is 9.69. The fourth-order valence-corrected chi connectivity index (χ4v) is 4.29. The van der Waals surface area contributed by atoms with Gasteiger partial charge in [-0.25, -0.2) is 0 Å². The van der Waals surface area contributed by atoms with E-state index in [1.165, 1.54) is 24.2 Å². The summed E-state index contributed by atoms with van der Waals surface area (Å²) in [5.74, 6) is 3.36. The Morgan fingerprint density at radius 2 is 2.04 bits per heavy atom. The van der Waals surface area contributed by atoms with Crippen molar-refractivity contribution in [3.8, 4) is 0 Å². The minimum atomic E-state index is 0. The summed E-state index contributed by atoms with van der Waals surface area (Å²) < 4.78 is 2.34. The lowest BCUT2D eigenvalue weighted by Gasteiger charge is -2.33. The molecule has 1 aromatic heterocycles. The number of benzene rings is 1. The average Bonchev–Trinajstić information content (AvgIpc) is 3.06. The molecule has 0 amide bonds. The molecule has 3 heterocycles. The maximum absolute atomic E-state index is 6.13. The summed E-state index contributed by atoms with van der Waals surface area (Å²) in [4.78, 5) is 2.58. The predicted molar refractivity (Wildman–Crippen MR) is 107 cm³/mol. The van der Waals surface area contributed by atoms with Gasteiger partial charge in [0.2, 0.25) is 0 Å². The summed E-state index contributed by atoms with van der Waals surface area (Å²) >= 11 is 6.13. The summed E-state index contributed by atoms with van der Waals surface area (Å²) in [5.41, 5.74) is 1.33. The lowest BCUT2D eigenvalue weighted by atomic mass is 9.94. The molecule has 1 saturated heterocycles. The van der Waals surface area contributed by atoms with E-state index in [0.717, 1.165) is 50.1 Å². The smallest absolute Gasteiger partial charge is 0.147 e. The number of rotatable bonds is 4. The number of halogens is 2. The Balaban J connectivity index is 0.00000196. The Labute approximate surface area is 166 Å². The van der Waals surface area contributed by atoms with Crippen LogP contribution < -0.4 is 5.32 Å². The van der Waals surface area contributed by atoms with Crippen LogP contribution in [-0.4, -0.2) is 45.8 Å². The minimum absolute atomic E-state index is 0. The molecule has 5 nitrogen and oxygen atoms in total. The Hall–Kier alpha value is -1.14. The van der Waals surface area contributed by atoms with Crippen LogP contribution in [0.2, 0.25) is 5.02 Å². The molecule has 1 aromatic carbocycles. The van der Waals surface area contributed by atoms with E-state index in [1.54, 1.807) is 0 Å². The summed E-state index contributed by atoms with van der Waals surface area (Å²) in [6.07, 6.45) is 2.35. The highest BCUT2D eigenvalue weighted by molar-refractivity contribution is 6.30. The third kappa shape index (κ3) is 4.22. The maximum Gasteiger partial charge on any atom is 0.147 e. The van der Waals surface area contributed by atoms with Gasteiger partial charge in [-0.1, -0.05) is 30.7 Å². The Morgan fingerprint density at radius 3 is 2.81 bits per heavy atom. The highest BCUT2D eigenvalue weighted by Gasteiger charge is 2.27. The summed E-state index contributed by atoms with van der Waals surface area (Å²) in [5, 5.41) is 13.1. The maximum atomic E-state index is 6.13. The van der Waals surface area contributed by atoms with Crippen LogP contribution in [0.5, 0.6) is 0 Å². The van der Waals surface area contributed by atoms with Gasteiger partial charge < -0.3 is 14.8 Å². The Kier molecular flexibility index (Phi) is 6.56. The number of fused-ring (bicyclic) bond motifs is 1. The van der Waals surface area contributed by atoms with Crippen LogP contribution in [0.4, 0.5) is 0 Å². The molecule has 7 heteroatoms. The van der Waals surface area contributed by atoms with Crippen molar-refractivity contribution in [1.29, 1.82) is 0 Å². The first-order chi connectivity index (χ1) is 12.2. The average molecular weight is 396 g/mol. The largest absolute Gasteiger partial charge is 0.312 e. The number of hydrogen-bond acceptors (Lipinski definition) is 4. The van der Waals surface area contributed by atoms with Crippen LogP contribution >= 0.6 is 24.0 Å². The molecule has 0 aliphatic carbocycles. The number of aromatic nitrogens is 3. The fraction of sp³-hybridized carbons (Fsp3) is 0.579. The van der Waals surface area contributed by atoms with Crippen molar-refractivity contribution in [3.05, 3.63) is 46.5 Å². The normalized spacial score (nSPS) is 19.6. The first-order valence-electron chi connectivity index (χ1n) is 9.31. The van der Waals surface area contributed by atoms with Crippen molar-refractivity contribution in [2.45, 2.75) is 44.7 Å². The predicted octanol–water partition coefficient (Wildman–Crippen LogP) is 3.44. The molecule has 142 valence electrons. The Bertz CT molecular complexity index is 724. The van der Waals surface area contributed by atoms with Crippen LogP contribution in [0.15, 0.2) is 24.3 Å². The fourth-order valence-electron chi connectivity index (χ4n) is 4.10. The van der Waals surface area contributed by atoms with Gasteiger partial charge in [0.15, 0.2) is 0 Å². The second kappa shape index (κ2) is 8.70.